The number of piperidine rings is 1. The van der Waals surface area contributed by atoms with Crippen molar-refractivity contribution in [1.29, 1.82) is 0 Å². The van der Waals surface area contributed by atoms with Crippen molar-refractivity contribution in [1.82, 2.24) is 4.90 Å². The van der Waals surface area contributed by atoms with Crippen LogP contribution in [-0.4, -0.2) is 30.3 Å². The zero-order valence-electron chi connectivity index (χ0n) is 14.0. The van der Waals surface area contributed by atoms with Gasteiger partial charge in [0.15, 0.2) is 0 Å². The number of ketones is 1. The lowest BCUT2D eigenvalue weighted by Gasteiger charge is -2.61. The molecule has 118 valence electrons. The van der Waals surface area contributed by atoms with Crippen LogP contribution in [0, 0.1) is 28.6 Å². The molecule has 3 saturated carbocycles. The first kappa shape index (κ1) is 14.2. The molecular formula is C19H31NO. The number of Topliss-reactive ketones (excluding diaryl/α,β-unsaturated/α-hetero) is 1. The average Bonchev–Trinajstić information content (AvgIpc) is 2.75. The van der Waals surface area contributed by atoms with Crippen LogP contribution >= 0.6 is 0 Å². The molecule has 1 saturated heterocycles. The van der Waals surface area contributed by atoms with Gasteiger partial charge in [0, 0.05) is 17.9 Å². The molecule has 4 fully saturated rings. The minimum Gasteiger partial charge on any atom is -0.303 e. The van der Waals surface area contributed by atoms with E-state index < -0.39 is 0 Å². The van der Waals surface area contributed by atoms with Gasteiger partial charge in [0.25, 0.3) is 0 Å². The van der Waals surface area contributed by atoms with Crippen LogP contribution in [0.25, 0.3) is 0 Å². The minimum atomic E-state index is 0.0466. The summed E-state index contributed by atoms with van der Waals surface area (Å²) in [5, 5.41) is 0. The predicted octanol–water partition coefficient (Wildman–Crippen LogP) is 3.89. The Bertz CT molecular complexity index is 460. The van der Waals surface area contributed by atoms with E-state index in [0.717, 1.165) is 24.3 Å². The van der Waals surface area contributed by atoms with E-state index in [1.807, 2.05) is 0 Å². The summed E-state index contributed by atoms with van der Waals surface area (Å²) >= 11 is 0. The topological polar surface area (TPSA) is 20.3 Å². The summed E-state index contributed by atoms with van der Waals surface area (Å²) in [6, 6.07) is 0.800. The van der Waals surface area contributed by atoms with Gasteiger partial charge in [-0.25, -0.2) is 0 Å². The fraction of sp³-hybridized carbons (Fsp3) is 0.947. The lowest BCUT2D eigenvalue weighted by molar-refractivity contribution is -0.141. The van der Waals surface area contributed by atoms with E-state index >= 15 is 0 Å². The van der Waals surface area contributed by atoms with Gasteiger partial charge in [0.1, 0.15) is 5.78 Å². The Kier molecular flexibility index (Phi) is 3.10. The normalized spacial score (nSPS) is 54.0. The van der Waals surface area contributed by atoms with Crippen LogP contribution in [-0.2, 0) is 4.79 Å². The van der Waals surface area contributed by atoms with E-state index in [-0.39, 0.29) is 5.41 Å². The fourth-order valence-electron chi connectivity index (χ4n) is 7.15. The maximum absolute atomic E-state index is 12.4. The first-order chi connectivity index (χ1) is 9.97. The average molecular weight is 289 g/mol. The number of nitrogens with zero attached hydrogens (tertiary/aromatic N) is 1. The van der Waals surface area contributed by atoms with Crippen molar-refractivity contribution in [2.75, 3.05) is 13.6 Å². The van der Waals surface area contributed by atoms with Gasteiger partial charge in [-0.05, 0) is 81.7 Å². The summed E-state index contributed by atoms with van der Waals surface area (Å²) in [6.45, 7) is 6.17. The summed E-state index contributed by atoms with van der Waals surface area (Å²) < 4.78 is 0. The van der Waals surface area contributed by atoms with Crippen molar-refractivity contribution >= 4 is 5.78 Å². The van der Waals surface area contributed by atoms with Crippen molar-refractivity contribution < 1.29 is 4.79 Å². The monoisotopic (exact) mass is 289 g/mol. The second-order valence-electron chi connectivity index (χ2n) is 8.98. The molecule has 4 aliphatic rings. The molecule has 0 spiro atoms. The fourth-order valence-corrected chi connectivity index (χ4v) is 7.15. The highest BCUT2D eigenvalue weighted by atomic mass is 16.1. The summed E-state index contributed by atoms with van der Waals surface area (Å²) in [6.07, 6.45) is 10.1. The van der Waals surface area contributed by atoms with Crippen molar-refractivity contribution in [2.24, 2.45) is 28.6 Å². The van der Waals surface area contributed by atoms with Crippen molar-refractivity contribution in [3.8, 4) is 0 Å². The smallest absolute Gasteiger partial charge is 0.139 e. The van der Waals surface area contributed by atoms with Gasteiger partial charge in [-0.2, -0.15) is 0 Å². The van der Waals surface area contributed by atoms with Gasteiger partial charge in [-0.3, -0.25) is 4.79 Å². The zero-order valence-corrected chi connectivity index (χ0v) is 14.0. The Morgan fingerprint density at radius 2 is 1.86 bits per heavy atom. The molecule has 3 aliphatic carbocycles. The molecule has 0 aromatic heterocycles. The molecule has 4 rings (SSSR count). The molecule has 21 heavy (non-hydrogen) atoms. The molecule has 0 aromatic rings. The van der Waals surface area contributed by atoms with Gasteiger partial charge in [0.2, 0.25) is 0 Å². The van der Waals surface area contributed by atoms with E-state index in [0.29, 0.717) is 17.1 Å². The Morgan fingerprint density at radius 1 is 1.05 bits per heavy atom. The predicted molar refractivity (Wildman–Crippen MR) is 85.0 cm³/mol. The van der Waals surface area contributed by atoms with Gasteiger partial charge in [-0.1, -0.05) is 13.8 Å². The molecule has 0 amide bonds. The lowest BCUT2D eigenvalue weighted by atomic mass is 9.47. The molecule has 2 heteroatoms. The number of hydrogen-bond acceptors (Lipinski definition) is 2. The molecule has 0 radical (unpaired) electrons. The molecule has 6 atom stereocenters. The Hall–Kier alpha value is -0.370. The Balaban J connectivity index is 1.66. The SMILES string of the molecule is CN1CCC[C@]2(C)[C@H]3CC[C@]4(C)C(=O)CC[C@H]4[C@@H]3CC[C@@H]12. The molecule has 0 N–H and O–H groups in total. The van der Waals surface area contributed by atoms with Crippen LogP contribution in [0.3, 0.4) is 0 Å². The van der Waals surface area contributed by atoms with Crippen LogP contribution in [0.5, 0.6) is 0 Å². The number of fused-ring (bicyclic) bond motifs is 5. The molecule has 0 unspecified atom stereocenters. The van der Waals surface area contributed by atoms with E-state index in [4.69, 9.17) is 0 Å². The standard InChI is InChI=1S/C19H31NO/c1-18-10-4-12-20(3)16(18)7-5-13-14-6-8-17(21)19(14,2)11-9-15(13)18/h13-16H,4-12H2,1-3H3/t13-,14-,15-,16+,18+,19-/m0/s1. The van der Waals surface area contributed by atoms with Crippen LogP contribution in [0.2, 0.25) is 0 Å². The van der Waals surface area contributed by atoms with Crippen molar-refractivity contribution in [3.63, 3.8) is 0 Å². The van der Waals surface area contributed by atoms with Gasteiger partial charge >= 0.3 is 0 Å². The second kappa shape index (κ2) is 4.57. The third-order valence-electron chi connectivity index (χ3n) is 8.29. The zero-order chi connectivity index (χ0) is 14.8. The number of carbonyl (C=O) groups excluding carboxylic acids is 1. The summed E-state index contributed by atoms with van der Waals surface area (Å²) in [7, 11) is 2.34. The second-order valence-corrected chi connectivity index (χ2v) is 8.98. The number of likely N-dealkylation sites (tertiary alicyclic amines) is 1. The molecule has 1 heterocycles. The highest BCUT2D eigenvalue weighted by Gasteiger charge is 2.60. The Morgan fingerprint density at radius 3 is 2.67 bits per heavy atom. The Labute approximate surface area is 129 Å². The van der Waals surface area contributed by atoms with Crippen LogP contribution in [0.1, 0.15) is 65.2 Å². The maximum atomic E-state index is 12.4. The maximum Gasteiger partial charge on any atom is 0.139 e. The minimum absolute atomic E-state index is 0.0466. The molecule has 0 aromatic carbocycles. The van der Waals surface area contributed by atoms with Gasteiger partial charge in [0.05, 0.1) is 0 Å². The van der Waals surface area contributed by atoms with E-state index in [1.54, 1.807) is 0 Å². The van der Waals surface area contributed by atoms with Crippen LogP contribution in [0.4, 0.5) is 0 Å². The first-order valence-electron chi connectivity index (χ1n) is 9.20. The number of rotatable bonds is 0. The number of carbonyl (C=O) groups is 1. The molecule has 0 bridgehead atoms. The first-order valence-corrected chi connectivity index (χ1v) is 9.20. The summed E-state index contributed by atoms with van der Waals surface area (Å²) in [4.78, 5) is 15.1. The lowest BCUT2D eigenvalue weighted by Crippen LogP contribution is -2.60. The molecule has 1 aliphatic heterocycles. The number of hydrogen-bond donors (Lipinski definition) is 0. The van der Waals surface area contributed by atoms with E-state index in [2.05, 4.69) is 25.8 Å². The summed E-state index contributed by atoms with van der Waals surface area (Å²) in [5.41, 5.74) is 0.563. The summed E-state index contributed by atoms with van der Waals surface area (Å²) in [5.74, 6) is 3.00. The van der Waals surface area contributed by atoms with Gasteiger partial charge in [-0.15, -0.1) is 0 Å². The third-order valence-corrected chi connectivity index (χ3v) is 8.29. The largest absolute Gasteiger partial charge is 0.303 e. The van der Waals surface area contributed by atoms with Crippen LogP contribution < -0.4 is 0 Å². The van der Waals surface area contributed by atoms with E-state index in [9.17, 15) is 4.79 Å². The third kappa shape index (κ3) is 1.77. The molecule has 2 nitrogen and oxygen atoms in total. The van der Waals surface area contributed by atoms with Crippen LogP contribution in [0.15, 0.2) is 0 Å². The molecular weight excluding hydrogens is 258 g/mol. The van der Waals surface area contributed by atoms with Crippen molar-refractivity contribution in [3.05, 3.63) is 0 Å². The highest BCUT2D eigenvalue weighted by molar-refractivity contribution is 5.87. The highest BCUT2D eigenvalue weighted by Crippen LogP contribution is 2.63. The van der Waals surface area contributed by atoms with Gasteiger partial charge < -0.3 is 4.90 Å². The van der Waals surface area contributed by atoms with E-state index in [1.165, 1.54) is 51.5 Å². The quantitative estimate of drug-likeness (QED) is 0.674. The van der Waals surface area contributed by atoms with Crippen molar-refractivity contribution in [2.45, 2.75) is 71.3 Å².